The molecule has 1 aromatic carbocycles. The topological polar surface area (TPSA) is 67.9 Å². The predicted molar refractivity (Wildman–Crippen MR) is 93.4 cm³/mol. The molecule has 1 N–H and O–H groups in total. The predicted octanol–water partition coefficient (Wildman–Crippen LogP) is 3.54. The van der Waals surface area contributed by atoms with Gasteiger partial charge in [-0.3, -0.25) is 4.79 Å². The summed E-state index contributed by atoms with van der Waals surface area (Å²) >= 11 is 0. The first-order valence-electron chi connectivity index (χ1n) is 8.51. The van der Waals surface area contributed by atoms with Gasteiger partial charge in [0.15, 0.2) is 12.9 Å². The van der Waals surface area contributed by atoms with Crippen LogP contribution in [0.15, 0.2) is 18.2 Å². The number of nitrogens with one attached hydrogen (secondary N) is 1. The van der Waals surface area contributed by atoms with E-state index in [2.05, 4.69) is 5.32 Å². The standard InChI is InChI=1S/C18H23F3N2O4/c1-17(2,3)27-16(25)22-13-7-8-23(9-13)15-12(10-24)5-4-6-14(15)26-11-18(19,20)21/h4-6,10,13H,7-9,11H2,1-3H3,(H,22,25)/t13-/m0/s1. The van der Waals surface area contributed by atoms with E-state index >= 15 is 0 Å². The Morgan fingerprint density at radius 1 is 1.33 bits per heavy atom. The molecule has 1 atom stereocenters. The van der Waals surface area contributed by atoms with Gasteiger partial charge in [-0.25, -0.2) is 4.79 Å². The SMILES string of the molecule is CC(C)(C)OC(=O)N[C@H]1CCN(c2c(C=O)cccc2OCC(F)(F)F)C1. The van der Waals surface area contributed by atoms with Crippen molar-refractivity contribution in [2.45, 2.75) is 45.0 Å². The van der Waals surface area contributed by atoms with Crippen LogP contribution in [0.2, 0.25) is 0 Å². The van der Waals surface area contributed by atoms with Gasteiger partial charge in [-0.05, 0) is 39.3 Å². The molecule has 0 unspecified atom stereocenters. The summed E-state index contributed by atoms with van der Waals surface area (Å²) in [5.74, 6) is -0.0187. The molecule has 150 valence electrons. The summed E-state index contributed by atoms with van der Waals surface area (Å²) in [5, 5.41) is 2.74. The largest absolute Gasteiger partial charge is 0.482 e. The summed E-state index contributed by atoms with van der Waals surface area (Å²) < 4.78 is 47.6. The number of aldehydes is 1. The monoisotopic (exact) mass is 388 g/mol. The average Bonchev–Trinajstić information content (AvgIpc) is 2.97. The van der Waals surface area contributed by atoms with Gasteiger partial charge in [-0.15, -0.1) is 0 Å². The number of alkyl halides is 3. The summed E-state index contributed by atoms with van der Waals surface area (Å²) in [6.45, 7) is 4.57. The zero-order chi connectivity index (χ0) is 20.2. The van der Waals surface area contributed by atoms with Gasteiger partial charge in [-0.2, -0.15) is 13.2 Å². The molecule has 1 heterocycles. The number of alkyl carbamates (subject to hydrolysis) is 1. The van der Waals surface area contributed by atoms with Crippen molar-refractivity contribution in [1.29, 1.82) is 0 Å². The number of anilines is 1. The van der Waals surface area contributed by atoms with Crippen LogP contribution in [0.25, 0.3) is 0 Å². The fourth-order valence-corrected chi connectivity index (χ4v) is 2.80. The molecule has 0 saturated carbocycles. The van der Waals surface area contributed by atoms with Gasteiger partial charge in [0.1, 0.15) is 11.4 Å². The summed E-state index contributed by atoms with van der Waals surface area (Å²) in [4.78, 5) is 25.0. The number of rotatable bonds is 5. The van der Waals surface area contributed by atoms with Crippen LogP contribution >= 0.6 is 0 Å². The van der Waals surface area contributed by atoms with Gasteiger partial charge < -0.3 is 19.7 Å². The Labute approximate surface area is 155 Å². The summed E-state index contributed by atoms with van der Waals surface area (Å²) in [6.07, 6.45) is -3.91. The van der Waals surface area contributed by atoms with Gasteiger partial charge in [0.05, 0.1) is 11.7 Å². The van der Waals surface area contributed by atoms with Gasteiger partial charge in [0.2, 0.25) is 0 Å². The lowest BCUT2D eigenvalue weighted by Gasteiger charge is -2.25. The molecule has 6 nitrogen and oxygen atoms in total. The first-order valence-corrected chi connectivity index (χ1v) is 8.51. The van der Waals surface area contributed by atoms with E-state index in [1.54, 1.807) is 25.7 Å². The number of ether oxygens (including phenoxy) is 2. The summed E-state index contributed by atoms with van der Waals surface area (Å²) in [5.41, 5.74) is -0.108. The van der Waals surface area contributed by atoms with E-state index in [-0.39, 0.29) is 17.4 Å². The maximum absolute atomic E-state index is 12.5. The van der Waals surface area contributed by atoms with E-state index in [0.29, 0.717) is 31.5 Å². The highest BCUT2D eigenvalue weighted by atomic mass is 19.4. The summed E-state index contributed by atoms with van der Waals surface area (Å²) in [6, 6.07) is 4.11. The molecule has 1 aliphatic rings. The molecule has 27 heavy (non-hydrogen) atoms. The molecule has 9 heteroatoms. The highest BCUT2D eigenvalue weighted by Gasteiger charge is 2.32. The van der Waals surface area contributed by atoms with Crippen LogP contribution in [0.5, 0.6) is 5.75 Å². The molecule has 0 radical (unpaired) electrons. The Morgan fingerprint density at radius 3 is 2.63 bits per heavy atom. The first kappa shape index (κ1) is 20.9. The van der Waals surface area contributed by atoms with Crippen LogP contribution in [0.1, 0.15) is 37.6 Å². The second-order valence-electron chi connectivity index (χ2n) is 7.29. The van der Waals surface area contributed by atoms with Gasteiger partial charge in [-0.1, -0.05) is 6.07 Å². The van der Waals surface area contributed by atoms with E-state index < -0.39 is 24.5 Å². The van der Waals surface area contributed by atoms with Gasteiger partial charge >= 0.3 is 12.3 Å². The number of amides is 1. The smallest absolute Gasteiger partial charge is 0.422 e. The molecule has 1 fully saturated rings. The molecule has 0 aromatic heterocycles. The Kier molecular flexibility index (Phi) is 6.22. The fourth-order valence-electron chi connectivity index (χ4n) is 2.80. The third-order valence-corrected chi connectivity index (χ3v) is 3.77. The van der Waals surface area contributed by atoms with Crippen molar-refractivity contribution in [3.8, 4) is 5.75 Å². The molecular weight excluding hydrogens is 365 g/mol. The lowest BCUT2D eigenvalue weighted by molar-refractivity contribution is -0.153. The fraction of sp³-hybridized carbons (Fsp3) is 0.556. The molecule has 0 bridgehead atoms. The van der Waals surface area contributed by atoms with Crippen LogP contribution in [-0.4, -0.2) is 49.9 Å². The van der Waals surface area contributed by atoms with Crippen molar-refractivity contribution in [3.05, 3.63) is 23.8 Å². The molecule has 2 rings (SSSR count). The zero-order valence-corrected chi connectivity index (χ0v) is 15.4. The third kappa shape index (κ3) is 6.33. The Morgan fingerprint density at radius 2 is 2.04 bits per heavy atom. The molecule has 1 aromatic rings. The average molecular weight is 388 g/mol. The Balaban J connectivity index is 2.11. The highest BCUT2D eigenvalue weighted by Crippen LogP contribution is 2.35. The number of hydrogen-bond acceptors (Lipinski definition) is 5. The number of benzene rings is 1. The van der Waals surface area contributed by atoms with Crippen molar-refractivity contribution >= 4 is 18.1 Å². The van der Waals surface area contributed by atoms with Crippen LogP contribution in [-0.2, 0) is 4.74 Å². The molecular formula is C18H23F3N2O4. The number of para-hydroxylation sites is 1. The Hall–Kier alpha value is -2.45. The molecule has 0 aliphatic carbocycles. The quantitative estimate of drug-likeness (QED) is 0.782. The first-order chi connectivity index (χ1) is 12.5. The van der Waals surface area contributed by atoms with Crippen LogP contribution < -0.4 is 15.0 Å². The molecule has 1 aliphatic heterocycles. The van der Waals surface area contributed by atoms with Crippen LogP contribution in [0, 0.1) is 0 Å². The van der Waals surface area contributed by atoms with E-state index in [1.165, 1.54) is 18.2 Å². The van der Waals surface area contributed by atoms with Gasteiger partial charge in [0, 0.05) is 18.7 Å². The van der Waals surface area contributed by atoms with Crippen molar-refractivity contribution in [2.75, 3.05) is 24.6 Å². The van der Waals surface area contributed by atoms with E-state index in [0.717, 1.165) is 0 Å². The second kappa shape index (κ2) is 8.06. The van der Waals surface area contributed by atoms with Crippen molar-refractivity contribution in [2.24, 2.45) is 0 Å². The van der Waals surface area contributed by atoms with Crippen LogP contribution in [0.4, 0.5) is 23.7 Å². The van der Waals surface area contributed by atoms with E-state index in [9.17, 15) is 22.8 Å². The van der Waals surface area contributed by atoms with Crippen molar-refractivity contribution < 1.29 is 32.2 Å². The normalized spacial score (nSPS) is 17.6. The molecule has 1 amide bonds. The van der Waals surface area contributed by atoms with Crippen LogP contribution in [0.3, 0.4) is 0 Å². The number of halogens is 3. The minimum absolute atomic E-state index is 0.0187. The van der Waals surface area contributed by atoms with Crippen molar-refractivity contribution in [1.82, 2.24) is 5.32 Å². The summed E-state index contributed by atoms with van der Waals surface area (Å²) in [7, 11) is 0. The number of carbonyl (C=O) groups excluding carboxylic acids is 2. The highest BCUT2D eigenvalue weighted by molar-refractivity contribution is 5.87. The maximum atomic E-state index is 12.5. The van der Waals surface area contributed by atoms with Gasteiger partial charge in [0.25, 0.3) is 0 Å². The zero-order valence-electron chi connectivity index (χ0n) is 15.4. The lowest BCUT2D eigenvalue weighted by Crippen LogP contribution is -2.40. The number of nitrogens with zero attached hydrogens (tertiary/aromatic N) is 1. The minimum Gasteiger partial charge on any atom is -0.482 e. The second-order valence-corrected chi connectivity index (χ2v) is 7.29. The van der Waals surface area contributed by atoms with E-state index in [1.807, 2.05) is 0 Å². The Bertz CT molecular complexity index is 686. The maximum Gasteiger partial charge on any atom is 0.422 e. The van der Waals surface area contributed by atoms with Crippen molar-refractivity contribution in [3.63, 3.8) is 0 Å². The number of carbonyl (C=O) groups is 2. The number of hydrogen-bond donors (Lipinski definition) is 1. The minimum atomic E-state index is -4.49. The third-order valence-electron chi connectivity index (χ3n) is 3.77. The lowest BCUT2D eigenvalue weighted by atomic mass is 10.1. The van der Waals surface area contributed by atoms with E-state index in [4.69, 9.17) is 9.47 Å². The molecule has 0 spiro atoms. The molecule has 1 saturated heterocycles.